The monoisotopic (exact) mass is 397 g/mol. The molecule has 0 unspecified atom stereocenters. The third kappa shape index (κ3) is 4.03. The fourth-order valence-corrected chi connectivity index (χ4v) is 3.38. The van der Waals surface area contributed by atoms with E-state index in [2.05, 4.69) is 10.2 Å². The van der Waals surface area contributed by atoms with Crippen molar-refractivity contribution < 1.29 is 14.3 Å². The van der Waals surface area contributed by atoms with Crippen LogP contribution in [-0.4, -0.2) is 43.1 Å². The number of hydrogen-bond acceptors (Lipinski definition) is 4. The van der Waals surface area contributed by atoms with Gasteiger partial charge in [-0.15, -0.1) is 0 Å². The van der Waals surface area contributed by atoms with E-state index in [1.54, 1.807) is 30.3 Å². The number of imide groups is 1. The fraction of sp³-hybridized carbons (Fsp3) is 0.238. The second kappa shape index (κ2) is 8.04. The molecular weight excluding hydrogens is 378 g/mol. The summed E-state index contributed by atoms with van der Waals surface area (Å²) in [5.41, 5.74) is 3.09. The summed E-state index contributed by atoms with van der Waals surface area (Å²) in [6.07, 6.45) is 1.70. The molecule has 0 atom stereocenters. The Balaban J connectivity index is 1.46. The molecule has 0 spiro atoms. The summed E-state index contributed by atoms with van der Waals surface area (Å²) in [6, 6.07) is 14.6. The maximum Gasteiger partial charge on any atom is 0.329 e. The number of anilines is 1. The molecule has 2 aromatic rings. The number of benzene rings is 2. The smallest absolute Gasteiger partial charge is 0.329 e. The van der Waals surface area contributed by atoms with Crippen LogP contribution in [0.2, 0.25) is 5.02 Å². The fourth-order valence-electron chi connectivity index (χ4n) is 3.26. The summed E-state index contributed by atoms with van der Waals surface area (Å²) in [5.74, 6) is -0.336. The van der Waals surface area contributed by atoms with Gasteiger partial charge in [0.15, 0.2) is 0 Å². The molecular formula is C21H20ClN3O3. The van der Waals surface area contributed by atoms with Crippen molar-refractivity contribution in [3.8, 4) is 0 Å². The van der Waals surface area contributed by atoms with Gasteiger partial charge in [-0.3, -0.25) is 9.69 Å². The second-order valence-corrected chi connectivity index (χ2v) is 7.13. The van der Waals surface area contributed by atoms with Crippen LogP contribution in [0, 0.1) is 0 Å². The molecule has 2 heterocycles. The molecule has 2 fully saturated rings. The first-order valence-electron chi connectivity index (χ1n) is 9.12. The topological polar surface area (TPSA) is 61.9 Å². The number of nitrogens with zero attached hydrogens (tertiary/aromatic N) is 2. The van der Waals surface area contributed by atoms with E-state index in [9.17, 15) is 9.59 Å². The molecule has 6 nitrogen and oxygen atoms in total. The molecule has 144 valence electrons. The summed E-state index contributed by atoms with van der Waals surface area (Å²) < 4.78 is 5.37. The van der Waals surface area contributed by atoms with E-state index >= 15 is 0 Å². The lowest BCUT2D eigenvalue weighted by Crippen LogP contribution is -2.36. The molecule has 1 N–H and O–H groups in total. The van der Waals surface area contributed by atoms with Crippen molar-refractivity contribution in [3.63, 3.8) is 0 Å². The van der Waals surface area contributed by atoms with Crippen molar-refractivity contribution >= 4 is 35.3 Å². The van der Waals surface area contributed by atoms with Crippen molar-refractivity contribution in [1.29, 1.82) is 0 Å². The van der Waals surface area contributed by atoms with Crippen molar-refractivity contribution in [2.45, 2.75) is 6.54 Å². The number of nitrogens with one attached hydrogen (secondary N) is 1. The van der Waals surface area contributed by atoms with E-state index in [-0.39, 0.29) is 18.1 Å². The van der Waals surface area contributed by atoms with Crippen LogP contribution >= 0.6 is 11.6 Å². The Bertz CT molecular complexity index is 903. The zero-order valence-electron chi connectivity index (χ0n) is 15.2. The Hall–Kier alpha value is -2.83. The largest absolute Gasteiger partial charge is 0.378 e. The van der Waals surface area contributed by atoms with Gasteiger partial charge in [0.2, 0.25) is 0 Å². The van der Waals surface area contributed by atoms with Crippen LogP contribution in [0.4, 0.5) is 10.5 Å². The molecule has 0 aliphatic carbocycles. The molecule has 2 aromatic carbocycles. The Labute approximate surface area is 168 Å². The van der Waals surface area contributed by atoms with Gasteiger partial charge in [0.25, 0.3) is 5.91 Å². The van der Waals surface area contributed by atoms with Crippen LogP contribution in [0.3, 0.4) is 0 Å². The van der Waals surface area contributed by atoms with Gasteiger partial charge in [0.05, 0.1) is 19.8 Å². The molecule has 28 heavy (non-hydrogen) atoms. The van der Waals surface area contributed by atoms with E-state index in [0.717, 1.165) is 43.1 Å². The van der Waals surface area contributed by atoms with E-state index < -0.39 is 6.03 Å². The molecule has 2 saturated heterocycles. The minimum Gasteiger partial charge on any atom is -0.378 e. The first-order valence-corrected chi connectivity index (χ1v) is 9.50. The maximum absolute atomic E-state index is 12.6. The summed E-state index contributed by atoms with van der Waals surface area (Å²) in [4.78, 5) is 28.3. The van der Waals surface area contributed by atoms with E-state index in [1.807, 2.05) is 24.3 Å². The summed E-state index contributed by atoms with van der Waals surface area (Å²) in [6.45, 7) is 3.41. The predicted molar refractivity (Wildman–Crippen MR) is 108 cm³/mol. The van der Waals surface area contributed by atoms with Gasteiger partial charge in [0.1, 0.15) is 5.70 Å². The number of ether oxygens (including phenoxy) is 1. The third-order valence-corrected chi connectivity index (χ3v) is 5.05. The first-order chi connectivity index (χ1) is 13.6. The summed E-state index contributed by atoms with van der Waals surface area (Å²) in [5, 5.41) is 3.27. The van der Waals surface area contributed by atoms with Crippen LogP contribution < -0.4 is 10.2 Å². The Morgan fingerprint density at radius 1 is 1.00 bits per heavy atom. The lowest BCUT2D eigenvalue weighted by Gasteiger charge is -2.28. The zero-order valence-corrected chi connectivity index (χ0v) is 16.0. The third-order valence-electron chi connectivity index (χ3n) is 4.80. The number of carbonyl (C=O) groups excluding carboxylic acids is 2. The predicted octanol–water partition coefficient (Wildman–Crippen LogP) is 3.27. The van der Waals surface area contributed by atoms with Crippen molar-refractivity contribution in [2.75, 3.05) is 31.2 Å². The molecule has 0 radical (unpaired) electrons. The Kier molecular flexibility index (Phi) is 5.32. The molecule has 4 rings (SSSR count). The molecule has 2 aliphatic heterocycles. The normalized spacial score (nSPS) is 18.7. The summed E-state index contributed by atoms with van der Waals surface area (Å²) in [7, 11) is 0. The van der Waals surface area contributed by atoms with Crippen molar-refractivity contribution in [3.05, 3.63) is 70.4 Å². The van der Waals surface area contributed by atoms with Gasteiger partial charge in [0, 0.05) is 23.8 Å². The van der Waals surface area contributed by atoms with E-state index in [1.165, 1.54) is 4.90 Å². The average molecular weight is 398 g/mol. The molecule has 7 heteroatoms. The molecule has 0 bridgehead atoms. The highest BCUT2D eigenvalue weighted by Gasteiger charge is 2.33. The summed E-state index contributed by atoms with van der Waals surface area (Å²) >= 11 is 5.88. The minimum atomic E-state index is -0.420. The van der Waals surface area contributed by atoms with Gasteiger partial charge >= 0.3 is 6.03 Å². The number of rotatable bonds is 4. The number of hydrogen-bond donors (Lipinski definition) is 1. The van der Waals surface area contributed by atoms with Gasteiger partial charge in [-0.2, -0.15) is 0 Å². The van der Waals surface area contributed by atoms with E-state index in [0.29, 0.717) is 5.02 Å². The van der Waals surface area contributed by atoms with Crippen LogP contribution in [0.25, 0.3) is 6.08 Å². The average Bonchev–Trinajstić information content (AvgIpc) is 2.98. The first kappa shape index (κ1) is 18.5. The molecule has 2 aliphatic rings. The van der Waals surface area contributed by atoms with Gasteiger partial charge in [-0.25, -0.2) is 4.79 Å². The SMILES string of the molecule is O=C1N/C(=C\c2ccc(N3CCOCC3)cc2)C(=O)N1Cc1ccc(Cl)cc1. The quantitative estimate of drug-likeness (QED) is 0.635. The standard InChI is InChI=1S/C21H20ClN3O3/c22-17-5-1-16(2-6-17)14-25-20(26)19(23-21(25)27)13-15-3-7-18(8-4-15)24-9-11-28-12-10-24/h1-8,13H,9-12,14H2,(H,23,27)/b19-13-. The van der Waals surface area contributed by atoms with Crippen LogP contribution in [-0.2, 0) is 16.1 Å². The Morgan fingerprint density at radius 2 is 1.68 bits per heavy atom. The highest BCUT2D eigenvalue weighted by Crippen LogP contribution is 2.21. The number of morpholine rings is 1. The van der Waals surface area contributed by atoms with Crippen LogP contribution in [0.1, 0.15) is 11.1 Å². The number of halogens is 1. The van der Waals surface area contributed by atoms with E-state index in [4.69, 9.17) is 16.3 Å². The van der Waals surface area contributed by atoms with Crippen LogP contribution in [0.5, 0.6) is 0 Å². The second-order valence-electron chi connectivity index (χ2n) is 6.70. The van der Waals surface area contributed by atoms with Gasteiger partial charge in [-0.05, 0) is 41.5 Å². The highest BCUT2D eigenvalue weighted by molar-refractivity contribution is 6.30. The number of urea groups is 1. The van der Waals surface area contributed by atoms with Gasteiger partial charge in [-0.1, -0.05) is 35.9 Å². The van der Waals surface area contributed by atoms with Crippen molar-refractivity contribution in [1.82, 2.24) is 10.2 Å². The van der Waals surface area contributed by atoms with Crippen molar-refractivity contribution in [2.24, 2.45) is 0 Å². The minimum absolute atomic E-state index is 0.204. The zero-order chi connectivity index (χ0) is 19.5. The van der Waals surface area contributed by atoms with Gasteiger partial charge < -0.3 is 15.0 Å². The molecule has 3 amide bonds. The number of amides is 3. The lowest BCUT2D eigenvalue weighted by atomic mass is 10.1. The maximum atomic E-state index is 12.6. The number of carbonyl (C=O) groups is 2. The Morgan fingerprint density at radius 3 is 2.36 bits per heavy atom. The van der Waals surface area contributed by atoms with Crippen LogP contribution in [0.15, 0.2) is 54.2 Å². The highest BCUT2D eigenvalue weighted by atomic mass is 35.5. The molecule has 0 aromatic heterocycles. The lowest BCUT2D eigenvalue weighted by molar-refractivity contribution is -0.123. The molecule has 0 saturated carbocycles.